The van der Waals surface area contributed by atoms with E-state index in [0.29, 0.717) is 0 Å². The smallest absolute Gasteiger partial charge is 0.0786 e. The summed E-state index contributed by atoms with van der Waals surface area (Å²) in [5, 5.41) is 10.2. The molecular weight excluding hydrogens is 250 g/mol. The Morgan fingerprint density at radius 3 is 1.55 bits per heavy atom. The van der Waals surface area contributed by atoms with Gasteiger partial charge in [0.25, 0.3) is 0 Å². The highest BCUT2D eigenvalue weighted by Crippen LogP contribution is 2.13. The zero-order valence-electron chi connectivity index (χ0n) is 14.0. The van der Waals surface area contributed by atoms with Crippen LogP contribution in [-0.2, 0) is 4.79 Å². The first-order valence-corrected chi connectivity index (χ1v) is 8.65. The summed E-state index contributed by atoms with van der Waals surface area (Å²) in [7, 11) is 0. The standard InChI is InChI=1S/C17H35NO2/c1-4-18(5-2,6-3)16-14-12-10-8-7-9-11-13-15-17(19)20/h4-16H2,1-3H3. The molecule has 0 aliphatic carbocycles. The van der Waals surface area contributed by atoms with Gasteiger partial charge >= 0.3 is 0 Å². The Labute approximate surface area is 126 Å². The van der Waals surface area contributed by atoms with Crippen LogP contribution in [0.3, 0.4) is 0 Å². The van der Waals surface area contributed by atoms with E-state index < -0.39 is 5.97 Å². The van der Waals surface area contributed by atoms with Crippen LogP contribution in [0, 0.1) is 0 Å². The van der Waals surface area contributed by atoms with E-state index in [0.717, 1.165) is 12.8 Å². The quantitative estimate of drug-likeness (QED) is 0.363. The van der Waals surface area contributed by atoms with Crippen molar-refractivity contribution in [3.63, 3.8) is 0 Å². The van der Waals surface area contributed by atoms with Crippen molar-refractivity contribution in [3.8, 4) is 0 Å². The summed E-state index contributed by atoms with van der Waals surface area (Å²) in [6, 6.07) is 0. The molecule has 0 radical (unpaired) electrons. The maximum atomic E-state index is 10.2. The van der Waals surface area contributed by atoms with Gasteiger partial charge in [0, 0.05) is 5.97 Å². The zero-order valence-corrected chi connectivity index (χ0v) is 14.0. The van der Waals surface area contributed by atoms with E-state index >= 15 is 0 Å². The molecule has 0 N–H and O–H groups in total. The molecule has 3 heteroatoms. The van der Waals surface area contributed by atoms with Gasteiger partial charge < -0.3 is 14.4 Å². The number of unbranched alkanes of at least 4 members (excludes halogenated alkanes) is 7. The molecule has 0 aromatic rings. The van der Waals surface area contributed by atoms with Crippen LogP contribution in [0.1, 0.15) is 78.6 Å². The predicted octanol–water partition coefficient (Wildman–Crippen LogP) is 3.12. The second-order valence-electron chi connectivity index (χ2n) is 5.96. The van der Waals surface area contributed by atoms with Gasteiger partial charge in [0.15, 0.2) is 0 Å². The van der Waals surface area contributed by atoms with E-state index in [1.165, 1.54) is 69.2 Å². The molecule has 0 unspecified atom stereocenters. The van der Waals surface area contributed by atoms with Crippen molar-refractivity contribution in [1.82, 2.24) is 0 Å². The van der Waals surface area contributed by atoms with E-state index in [-0.39, 0.29) is 6.42 Å². The van der Waals surface area contributed by atoms with E-state index in [2.05, 4.69) is 20.8 Å². The van der Waals surface area contributed by atoms with Crippen molar-refractivity contribution < 1.29 is 14.4 Å². The van der Waals surface area contributed by atoms with Crippen molar-refractivity contribution in [1.29, 1.82) is 0 Å². The highest BCUT2D eigenvalue weighted by Gasteiger charge is 2.19. The van der Waals surface area contributed by atoms with Crippen LogP contribution in [0.5, 0.6) is 0 Å². The molecule has 0 fully saturated rings. The topological polar surface area (TPSA) is 40.1 Å². The first-order valence-electron chi connectivity index (χ1n) is 8.65. The number of carbonyl (C=O) groups excluding carboxylic acids is 1. The highest BCUT2D eigenvalue weighted by molar-refractivity contribution is 5.63. The summed E-state index contributed by atoms with van der Waals surface area (Å²) in [6.07, 6.45) is 9.80. The lowest BCUT2D eigenvalue weighted by molar-refractivity contribution is -0.923. The molecule has 0 heterocycles. The molecule has 20 heavy (non-hydrogen) atoms. The molecule has 120 valence electrons. The predicted molar refractivity (Wildman–Crippen MR) is 83.3 cm³/mol. The Kier molecular flexibility index (Phi) is 11.8. The van der Waals surface area contributed by atoms with Crippen LogP contribution in [-0.4, -0.2) is 36.6 Å². The third kappa shape index (κ3) is 9.35. The van der Waals surface area contributed by atoms with Crippen molar-refractivity contribution in [3.05, 3.63) is 0 Å². The molecular formula is C17H35NO2. The number of hydrogen-bond donors (Lipinski definition) is 0. The van der Waals surface area contributed by atoms with Crippen LogP contribution < -0.4 is 5.11 Å². The normalized spacial score (nSPS) is 11.8. The third-order valence-electron chi connectivity index (χ3n) is 4.78. The van der Waals surface area contributed by atoms with Gasteiger partial charge in [-0.2, -0.15) is 0 Å². The maximum absolute atomic E-state index is 10.2. The molecule has 0 amide bonds. The molecule has 0 bridgehead atoms. The average Bonchev–Trinajstić information content (AvgIpc) is 2.45. The van der Waals surface area contributed by atoms with Crippen LogP contribution >= 0.6 is 0 Å². The van der Waals surface area contributed by atoms with Crippen molar-refractivity contribution in [2.24, 2.45) is 0 Å². The fraction of sp³-hybridized carbons (Fsp3) is 0.941. The van der Waals surface area contributed by atoms with Crippen molar-refractivity contribution >= 4 is 5.97 Å². The maximum Gasteiger partial charge on any atom is 0.0786 e. The first-order chi connectivity index (χ1) is 9.60. The number of hydrogen-bond acceptors (Lipinski definition) is 2. The monoisotopic (exact) mass is 285 g/mol. The van der Waals surface area contributed by atoms with Gasteiger partial charge in [-0.1, -0.05) is 32.1 Å². The molecule has 0 spiro atoms. The van der Waals surface area contributed by atoms with Gasteiger partial charge in [0.2, 0.25) is 0 Å². The number of aliphatic carboxylic acids is 1. The Morgan fingerprint density at radius 1 is 0.750 bits per heavy atom. The van der Waals surface area contributed by atoms with Crippen LogP contribution in [0.15, 0.2) is 0 Å². The second-order valence-corrected chi connectivity index (χ2v) is 5.96. The van der Waals surface area contributed by atoms with Gasteiger partial charge in [-0.15, -0.1) is 0 Å². The molecule has 0 rings (SSSR count). The van der Waals surface area contributed by atoms with E-state index in [1.807, 2.05) is 0 Å². The number of nitrogens with zero attached hydrogens (tertiary/aromatic N) is 1. The number of carboxylic acid groups (broad SMARTS) is 1. The van der Waals surface area contributed by atoms with Crippen LogP contribution in [0.4, 0.5) is 0 Å². The molecule has 0 aliphatic heterocycles. The summed E-state index contributed by atoms with van der Waals surface area (Å²) in [6.45, 7) is 12.0. The Hall–Kier alpha value is -0.570. The molecule has 0 aromatic heterocycles. The molecule has 3 nitrogen and oxygen atoms in total. The Morgan fingerprint density at radius 2 is 1.15 bits per heavy atom. The third-order valence-corrected chi connectivity index (χ3v) is 4.78. The summed E-state index contributed by atoms with van der Waals surface area (Å²) in [5.74, 6) is -0.908. The minimum Gasteiger partial charge on any atom is -0.550 e. The highest BCUT2D eigenvalue weighted by atomic mass is 16.4. The summed E-state index contributed by atoms with van der Waals surface area (Å²) >= 11 is 0. The van der Waals surface area contributed by atoms with Crippen molar-refractivity contribution in [2.45, 2.75) is 78.6 Å². The van der Waals surface area contributed by atoms with Crippen LogP contribution in [0.2, 0.25) is 0 Å². The van der Waals surface area contributed by atoms with Gasteiger partial charge in [-0.05, 0) is 46.5 Å². The van der Waals surface area contributed by atoms with Gasteiger partial charge in [-0.25, -0.2) is 0 Å². The first kappa shape index (κ1) is 19.4. The lowest BCUT2D eigenvalue weighted by Crippen LogP contribution is -2.48. The number of carboxylic acids is 1. The fourth-order valence-electron chi connectivity index (χ4n) is 2.92. The fourth-order valence-corrected chi connectivity index (χ4v) is 2.92. The van der Waals surface area contributed by atoms with E-state index in [4.69, 9.17) is 0 Å². The second kappa shape index (κ2) is 12.2. The largest absolute Gasteiger partial charge is 0.550 e. The number of rotatable bonds is 14. The summed E-state index contributed by atoms with van der Waals surface area (Å²) in [5.41, 5.74) is 0. The molecule has 0 saturated carbocycles. The summed E-state index contributed by atoms with van der Waals surface area (Å²) < 4.78 is 1.27. The minimum absolute atomic E-state index is 0.227. The minimum atomic E-state index is -0.908. The van der Waals surface area contributed by atoms with Crippen molar-refractivity contribution in [2.75, 3.05) is 26.2 Å². The van der Waals surface area contributed by atoms with Gasteiger partial charge in [-0.3, -0.25) is 0 Å². The average molecular weight is 285 g/mol. The molecule has 0 atom stereocenters. The summed E-state index contributed by atoms with van der Waals surface area (Å²) in [4.78, 5) is 10.2. The molecule has 0 aliphatic rings. The SMILES string of the molecule is CC[N+](CC)(CC)CCCCCCCCCCC(=O)[O-]. The Balaban J connectivity index is 3.38. The van der Waals surface area contributed by atoms with E-state index in [9.17, 15) is 9.90 Å². The molecule has 0 saturated heterocycles. The van der Waals surface area contributed by atoms with Gasteiger partial charge in [0.05, 0.1) is 26.2 Å². The lowest BCUT2D eigenvalue weighted by atomic mass is 10.1. The number of carbonyl (C=O) groups is 1. The molecule has 0 aromatic carbocycles. The van der Waals surface area contributed by atoms with Gasteiger partial charge in [0.1, 0.15) is 0 Å². The zero-order chi connectivity index (χ0) is 15.3. The Bertz CT molecular complexity index is 229. The number of quaternary nitrogens is 1. The van der Waals surface area contributed by atoms with Crippen LogP contribution in [0.25, 0.3) is 0 Å². The van der Waals surface area contributed by atoms with E-state index in [1.54, 1.807) is 0 Å². The lowest BCUT2D eigenvalue weighted by Gasteiger charge is -2.35.